The van der Waals surface area contributed by atoms with Gasteiger partial charge in [0.15, 0.2) is 10.3 Å². The zero-order valence-corrected chi connectivity index (χ0v) is 10.4. The molecule has 0 fully saturated rings. The summed E-state index contributed by atoms with van der Waals surface area (Å²) >= 11 is 8.96. The lowest BCUT2D eigenvalue weighted by atomic mass is 10.4. The van der Waals surface area contributed by atoms with Crippen molar-refractivity contribution in [3.05, 3.63) is 11.3 Å². The van der Waals surface area contributed by atoms with E-state index in [0.29, 0.717) is 15.8 Å². The molecule has 0 bridgehead atoms. The molecule has 0 unspecified atom stereocenters. The highest BCUT2D eigenvalue weighted by Crippen LogP contribution is 2.27. The smallest absolute Gasteiger partial charge is 0.189 e. The van der Waals surface area contributed by atoms with Gasteiger partial charge in [0.1, 0.15) is 10.5 Å². The lowest BCUT2D eigenvalue weighted by Crippen LogP contribution is -1.94. The van der Waals surface area contributed by atoms with E-state index < -0.39 is 0 Å². The van der Waals surface area contributed by atoms with E-state index in [0.717, 1.165) is 10.4 Å². The van der Waals surface area contributed by atoms with Crippen molar-refractivity contribution in [2.75, 3.05) is 12.5 Å². The molecule has 78 valence electrons. The Balaban J connectivity index is 2.80. The van der Waals surface area contributed by atoms with Crippen molar-refractivity contribution < 1.29 is 0 Å². The van der Waals surface area contributed by atoms with Crippen LogP contribution in [-0.2, 0) is 0 Å². The predicted octanol–water partition coefficient (Wildman–Crippen LogP) is 2.52. The monoisotopic (exact) mass is 258 g/mol. The van der Waals surface area contributed by atoms with Crippen LogP contribution in [0, 0.1) is 0 Å². The van der Waals surface area contributed by atoms with Gasteiger partial charge in [-0.1, -0.05) is 23.4 Å². The van der Waals surface area contributed by atoms with Crippen LogP contribution < -0.4 is 0 Å². The first-order valence-electron chi connectivity index (χ1n) is 4.03. The fourth-order valence-corrected chi connectivity index (χ4v) is 2.29. The maximum absolute atomic E-state index is 5.93. The van der Waals surface area contributed by atoms with Crippen LogP contribution in [0.15, 0.2) is 16.4 Å². The van der Waals surface area contributed by atoms with Gasteiger partial charge in [0, 0.05) is 0 Å². The fourth-order valence-electron chi connectivity index (χ4n) is 1.13. The number of thioether (sulfide) groups is 2. The van der Waals surface area contributed by atoms with Crippen molar-refractivity contribution in [1.82, 2.24) is 20.2 Å². The van der Waals surface area contributed by atoms with E-state index in [9.17, 15) is 0 Å². The van der Waals surface area contributed by atoms with Crippen LogP contribution in [-0.4, -0.2) is 32.7 Å². The van der Waals surface area contributed by atoms with Crippen molar-refractivity contribution in [2.24, 2.45) is 0 Å². The number of halogens is 1. The minimum Gasteiger partial charge on any atom is -0.219 e. The molecule has 4 nitrogen and oxygen atoms in total. The molecule has 7 heteroatoms. The topological polar surface area (TPSA) is 51.6 Å². The lowest BCUT2D eigenvalue weighted by molar-refractivity contribution is 0.919. The third-order valence-corrected chi connectivity index (χ3v) is 3.29. The van der Waals surface area contributed by atoms with Gasteiger partial charge in [0.2, 0.25) is 0 Å². The molecule has 0 aliphatic rings. The fraction of sp³-hybridized carbons (Fsp3) is 0.250. The number of nitrogens with zero attached hydrogens (tertiary/aromatic N) is 4. The standard InChI is InChI=1S/C8H7ClN4S2/c1-14-7-4-3-10-13-6(9)5(4)11-8(12-7)15-2/h3H,1-2H3. The summed E-state index contributed by atoms with van der Waals surface area (Å²) in [6.07, 6.45) is 5.52. The minimum atomic E-state index is 0.320. The van der Waals surface area contributed by atoms with E-state index in [1.54, 1.807) is 18.0 Å². The van der Waals surface area contributed by atoms with Crippen LogP contribution in [0.25, 0.3) is 10.9 Å². The van der Waals surface area contributed by atoms with E-state index in [1.807, 2.05) is 12.5 Å². The Kier molecular flexibility index (Phi) is 3.28. The zero-order chi connectivity index (χ0) is 10.8. The van der Waals surface area contributed by atoms with Crippen LogP contribution in [0.1, 0.15) is 0 Å². The summed E-state index contributed by atoms with van der Waals surface area (Å²) in [5.74, 6) is 0. The first-order valence-corrected chi connectivity index (χ1v) is 6.86. The Morgan fingerprint density at radius 1 is 1.20 bits per heavy atom. The molecule has 0 aliphatic carbocycles. The molecule has 2 rings (SSSR count). The molecule has 0 saturated carbocycles. The molecule has 0 atom stereocenters. The van der Waals surface area contributed by atoms with Crippen molar-refractivity contribution in [2.45, 2.75) is 10.2 Å². The van der Waals surface area contributed by atoms with E-state index in [-0.39, 0.29) is 0 Å². The molecule has 2 heterocycles. The van der Waals surface area contributed by atoms with Gasteiger partial charge in [-0.2, -0.15) is 5.10 Å². The SMILES string of the molecule is CSc1nc(SC)c2cnnc(Cl)c2n1. The van der Waals surface area contributed by atoms with Crippen LogP contribution in [0.4, 0.5) is 0 Å². The van der Waals surface area contributed by atoms with Crippen molar-refractivity contribution in [3.8, 4) is 0 Å². The Bertz CT molecular complexity index is 505. The number of fused-ring (bicyclic) bond motifs is 1. The average molecular weight is 259 g/mol. The largest absolute Gasteiger partial charge is 0.219 e. The molecule has 0 radical (unpaired) electrons. The summed E-state index contributed by atoms with van der Waals surface area (Å²) in [5, 5.41) is 10.3. The number of aromatic nitrogens is 4. The molecule has 15 heavy (non-hydrogen) atoms. The van der Waals surface area contributed by atoms with Crippen molar-refractivity contribution >= 4 is 46.0 Å². The molecule has 0 amide bonds. The molecule has 2 aromatic rings. The second kappa shape index (κ2) is 4.51. The third kappa shape index (κ3) is 2.02. The van der Waals surface area contributed by atoms with Gasteiger partial charge in [0.25, 0.3) is 0 Å². The number of hydrogen-bond acceptors (Lipinski definition) is 6. The van der Waals surface area contributed by atoms with Gasteiger partial charge in [-0.15, -0.1) is 16.9 Å². The third-order valence-electron chi connectivity index (χ3n) is 1.79. The molecule has 0 N–H and O–H groups in total. The molecular formula is C8H7ClN4S2. The molecule has 0 aromatic carbocycles. The van der Waals surface area contributed by atoms with Gasteiger partial charge in [-0.05, 0) is 12.5 Å². The van der Waals surface area contributed by atoms with Crippen LogP contribution >= 0.6 is 35.1 Å². The maximum Gasteiger partial charge on any atom is 0.189 e. The summed E-state index contributed by atoms with van der Waals surface area (Å²) in [5.41, 5.74) is 0.662. The summed E-state index contributed by atoms with van der Waals surface area (Å²) in [4.78, 5) is 8.67. The van der Waals surface area contributed by atoms with E-state index in [1.165, 1.54) is 11.8 Å². The molecule has 0 spiro atoms. The number of rotatable bonds is 2. The Morgan fingerprint density at radius 3 is 2.67 bits per heavy atom. The molecule has 2 aromatic heterocycles. The van der Waals surface area contributed by atoms with Gasteiger partial charge in [0.05, 0.1) is 11.6 Å². The van der Waals surface area contributed by atoms with Gasteiger partial charge in [-0.3, -0.25) is 0 Å². The van der Waals surface area contributed by atoms with Crippen molar-refractivity contribution in [1.29, 1.82) is 0 Å². The quantitative estimate of drug-likeness (QED) is 0.469. The van der Waals surface area contributed by atoms with Crippen LogP contribution in [0.3, 0.4) is 0 Å². The lowest BCUT2D eigenvalue weighted by Gasteiger charge is -2.04. The first kappa shape index (κ1) is 10.9. The van der Waals surface area contributed by atoms with Gasteiger partial charge >= 0.3 is 0 Å². The zero-order valence-electron chi connectivity index (χ0n) is 8.06. The van der Waals surface area contributed by atoms with E-state index >= 15 is 0 Å². The first-order chi connectivity index (χ1) is 7.26. The summed E-state index contributed by atoms with van der Waals surface area (Å²) < 4.78 is 0. The summed E-state index contributed by atoms with van der Waals surface area (Å²) in [6.45, 7) is 0. The van der Waals surface area contributed by atoms with Crippen molar-refractivity contribution in [3.63, 3.8) is 0 Å². The normalized spacial score (nSPS) is 10.9. The Morgan fingerprint density at radius 2 is 2.00 bits per heavy atom. The van der Waals surface area contributed by atoms with Gasteiger partial charge in [-0.25, -0.2) is 9.97 Å². The Labute approximate surface area is 100 Å². The van der Waals surface area contributed by atoms with E-state index in [4.69, 9.17) is 11.6 Å². The molecule has 0 aliphatic heterocycles. The predicted molar refractivity (Wildman–Crippen MR) is 63.7 cm³/mol. The molecule has 0 saturated heterocycles. The molecular weight excluding hydrogens is 252 g/mol. The highest BCUT2D eigenvalue weighted by molar-refractivity contribution is 7.99. The second-order valence-electron chi connectivity index (χ2n) is 2.62. The average Bonchev–Trinajstić information content (AvgIpc) is 2.28. The number of hydrogen-bond donors (Lipinski definition) is 0. The highest BCUT2D eigenvalue weighted by atomic mass is 35.5. The summed E-state index contributed by atoms with van der Waals surface area (Å²) in [6, 6.07) is 0. The maximum atomic E-state index is 5.93. The van der Waals surface area contributed by atoms with Gasteiger partial charge < -0.3 is 0 Å². The van der Waals surface area contributed by atoms with Crippen LogP contribution in [0.5, 0.6) is 0 Å². The summed E-state index contributed by atoms with van der Waals surface area (Å²) in [7, 11) is 0. The Hall–Kier alpha value is -0.590. The minimum absolute atomic E-state index is 0.320. The second-order valence-corrected chi connectivity index (χ2v) is 4.54. The van der Waals surface area contributed by atoms with Crippen LogP contribution in [0.2, 0.25) is 5.15 Å². The van der Waals surface area contributed by atoms with E-state index in [2.05, 4.69) is 20.2 Å². The highest BCUT2D eigenvalue weighted by Gasteiger charge is 2.10.